The first-order valence-corrected chi connectivity index (χ1v) is 8.50. The molecule has 1 aromatic rings. The SMILES string of the molecule is CCCCCC(C)(C)CNc1ccc(C(N)=S)c(Br)c1F. The Kier molecular flexibility index (Phi) is 7.07. The molecule has 0 spiro atoms. The number of unbranched alkanes of at least 4 members (excludes halogenated alkanes) is 2. The number of anilines is 1. The lowest BCUT2D eigenvalue weighted by molar-refractivity contribution is 0.342. The van der Waals surface area contributed by atoms with Gasteiger partial charge in [-0.05, 0) is 39.9 Å². The summed E-state index contributed by atoms with van der Waals surface area (Å²) in [6, 6.07) is 3.43. The number of thiocarbonyl (C=S) groups is 1. The van der Waals surface area contributed by atoms with Crippen molar-refractivity contribution in [2.45, 2.75) is 46.5 Å². The molecule has 0 unspecified atom stereocenters. The molecule has 0 saturated heterocycles. The minimum atomic E-state index is -0.343. The second-order valence-corrected chi connectivity index (χ2v) is 7.36. The Morgan fingerprint density at radius 2 is 2.05 bits per heavy atom. The third-order valence-electron chi connectivity index (χ3n) is 3.56. The van der Waals surface area contributed by atoms with Crippen molar-refractivity contribution in [3.05, 3.63) is 28.0 Å². The lowest BCUT2D eigenvalue weighted by Gasteiger charge is -2.26. The topological polar surface area (TPSA) is 38.0 Å². The Hall–Kier alpha value is -0.680. The standard InChI is InChI=1S/C16H24BrFN2S/c1-4-5-6-9-16(2,3)10-20-12-8-7-11(15(19)21)13(17)14(12)18/h7-8,20H,4-6,9-10H2,1-3H3,(H2,19,21). The van der Waals surface area contributed by atoms with E-state index < -0.39 is 0 Å². The number of nitrogens with one attached hydrogen (secondary N) is 1. The number of benzene rings is 1. The maximum atomic E-state index is 14.3. The number of hydrogen-bond donors (Lipinski definition) is 2. The molecule has 0 aliphatic heterocycles. The zero-order valence-corrected chi connectivity index (χ0v) is 15.3. The van der Waals surface area contributed by atoms with E-state index >= 15 is 0 Å². The fourth-order valence-electron chi connectivity index (χ4n) is 2.15. The van der Waals surface area contributed by atoms with Gasteiger partial charge >= 0.3 is 0 Å². The molecule has 0 saturated carbocycles. The van der Waals surface area contributed by atoms with Crippen LogP contribution in [0.2, 0.25) is 0 Å². The molecule has 118 valence electrons. The maximum absolute atomic E-state index is 14.3. The molecule has 0 heterocycles. The smallest absolute Gasteiger partial charge is 0.161 e. The van der Waals surface area contributed by atoms with Crippen LogP contribution in [0.1, 0.15) is 52.0 Å². The first-order valence-electron chi connectivity index (χ1n) is 7.30. The highest BCUT2D eigenvalue weighted by Gasteiger charge is 2.19. The monoisotopic (exact) mass is 374 g/mol. The second-order valence-electron chi connectivity index (χ2n) is 6.13. The zero-order chi connectivity index (χ0) is 16.0. The van der Waals surface area contributed by atoms with Gasteiger partial charge in [-0.15, -0.1) is 0 Å². The highest BCUT2D eigenvalue weighted by molar-refractivity contribution is 9.10. The van der Waals surface area contributed by atoms with Gasteiger partial charge in [-0.1, -0.05) is 52.3 Å². The summed E-state index contributed by atoms with van der Waals surface area (Å²) in [5.41, 5.74) is 6.69. The first-order chi connectivity index (χ1) is 9.78. The van der Waals surface area contributed by atoms with E-state index in [1.165, 1.54) is 19.3 Å². The molecule has 3 N–H and O–H groups in total. The van der Waals surface area contributed by atoms with Gasteiger partial charge in [0.05, 0.1) is 10.2 Å². The molecular formula is C16H24BrFN2S. The summed E-state index contributed by atoms with van der Waals surface area (Å²) >= 11 is 8.12. The van der Waals surface area contributed by atoms with Gasteiger partial charge in [0, 0.05) is 12.1 Å². The molecule has 0 aromatic heterocycles. The number of hydrogen-bond acceptors (Lipinski definition) is 2. The molecule has 1 aromatic carbocycles. The summed E-state index contributed by atoms with van der Waals surface area (Å²) in [6.07, 6.45) is 4.79. The number of nitrogens with two attached hydrogens (primary N) is 1. The van der Waals surface area contributed by atoms with Gasteiger partial charge in [-0.3, -0.25) is 0 Å². The van der Waals surface area contributed by atoms with E-state index in [1.807, 2.05) is 0 Å². The highest BCUT2D eigenvalue weighted by Crippen LogP contribution is 2.29. The third-order valence-corrected chi connectivity index (χ3v) is 4.56. The molecule has 0 fully saturated rings. The van der Waals surface area contributed by atoms with Crippen LogP contribution in [0.4, 0.5) is 10.1 Å². The Balaban J connectivity index is 2.71. The molecule has 0 amide bonds. The summed E-state index contributed by atoms with van der Waals surface area (Å²) in [7, 11) is 0. The van der Waals surface area contributed by atoms with Crippen molar-refractivity contribution >= 4 is 38.8 Å². The summed E-state index contributed by atoms with van der Waals surface area (Å²) in [5.74, 6) is -0.343. The largest absolute Gasteiger partial charge is 0.389 e. The molecule has 21 heavy (non-hydrogen) atoms. The molecule has 0 radical (unpaired) electrons. The van der Waals surface area contributed by atoms with E-state index in [0.717, 1.165) is 13.0 Å². The molecule has 0 aliphatic rings. The molecular weight excluding hydrogens is 351 g/mol. The lowest BCUT2D eigenvalue weighted by Crippen LogP contribution is -2.23. The van der Waals surface area contributed by atoms with Crippen LogP contribution in [-0.2, 0) is 0 Å². The second kappa shape index (κ2) is 8.08. The number of rotatable bonds is 8. The summed E-state index contributed by atoms with van der Waals surface area (Å²) in [5, 5.41) is 3.20. The van der Waals surface area contributed by atoms with Gasteiger partial charge < -0.3 is 11.1 Å². The van der Waals surface area contributed by atoms with Gasteiger partial charge in [0.15, 0.2) is 5.82 Å². The molecule has 0 atom stereocenters. The fraction of sp³-hybridized carbons (Fsp3) is 0.562. The van der Waals surface area contributed by atoms with Gasteiger partial charge in [0.1, 0.15) is 4.99 Å². The van der Waals surface area contributed by atoms with Crippen molar-refractivity contribution in [3.8, 4) is 0 Å². The van der Waals surface area contributed by atoms with Crippen LogP contribution in [0.3, 0.4) is 0 Å². The Labute approximate surface area is 140 Å². The average Bonchev–Trinajstić information content (AvgIpc) is 2.40. The minimum Gasteiger partial charge on any atom is -0.389 e. The molecule has 1 rings (SSSR count). The van der Waals surface area contributed by atoms with Crippen molar-refractivity contribution in [2.75, 3.05) is 11.9 Å². The number of halogens is 2. The van der Waals surface area contributed by atoms with Crippen molar-refractivity contribution < 1.29 is 4.39 Å². The van der Waals surface area contributed by atoms with Crippen LogP contribution in [0.25, 0.3) is 0 Å². The van der Waals surface area contributed by atoms with Crippen LogP contribution in [0.15, 0.2) is 16.6 Å². The minimum absolute atomic E-state index is 0.135. The van der Waals surface area contributed by atoms with Crippen LogP contribution in [0.5, 0.6) is 0 Å². The zero-order valence-electron chi connectivity index (χ0n) is 12.9. The predicted octanol–water partition coefficient (Wildman–Crippen LogP) is 5.24. The van der Waals surface area contributed by atoms with Crippen LogP contribution in [0, 0.1) is 11.2 Å². The Bertz CT molecular complexity index is 503. The molecule has 0 bridgehead atoms. The van der Waals surface area contributed by atoms with Gasteiger partial charge in [-0.2, -0.15) is 0 Å². The predicted molar refractivity (Wildman–Crippen MR) is 96.4 cm³/mol. The summed E-state index contributed by atoms with van der Waals surface area (Å²) in [4.78, 5) is 0.187. The van der Waals surface area contributed by atoms with Gasteiger partial charge in [0.2, 0.25) is 0 Å². The fourth-order valence-corrected chi connectivity index (χ4v) is 3.01. The van der Waals surface area contributed by atoms with E-state index in [4.69, 9.17) is 18.0 Å². The first kappa shape index (κ1) is 18.4. The summed E-state index contributed by atoms with van der Waals surface area (Å²) in [6.45, 7) is 7.33. The van der Waals surface area contributed by atoms with Crippen molar-refractivity contribution in [3.63, 3.8) is 0 Å². The lowest BCUT2D eigenvalue weighted by atomic mass is 9.87. The van der Waals surface area contributed by atoms with Gasteiger partial charge in [-0.25, -0.2) is 4.39 Å². The highest BCUT2D eigenvalue weighted by atomic mass is 79.9. The molecule has 5 heteroatoms. The van der Waals surface area contributed by atoms with E-state index in [0.29, 0.717) is 15.7 Å². The quantitative estimate of drug-likeness (QED) is 0.482. The third kappa shape index (κ3) is 5.55. The van der Waals surface area contributed by atoms with Crippen molar-refractivity contribution in [1.29, 1.82) is 0 Å². The van der Waals surface area contributed by atoms with Crippen LogP contribution >= 0.6 is 28.1 Å². The normalized spacial score (nSPS) is 11.5. The Morgan fingerprint density at radius 3 is 2.62 bits per heavy atom. The van der Waals surface area contributed by atoms with Crippen LogP contribution < -0.4 is 11.1 Å². The Morgan fingerprint density at radius 1 is 1.38 bits per heavy atom. The molecule has 2 nitrogen and oxygen atoms in total. The summed E-state index contributed by atoms with van der Waals surface area (Å²) < 4.78 is 14.6. The van der Waals surface area contributed by atoms with Crippen LogP contribution in [-0.4, -0.2) is 11.5 Å². The molecule has 0 aliphatic carbocycles. The van der Waals surface area contributed by atoms with E-state index in [1.54, 1.807) is 12.1 Å². The van der Waals surface area contributed by atoms with E-state index in [2.05, 4.69) is 42.0 Å². The van der Waals surface area contributed by atoms with Gasteiger partial charge in [0.25, 0.3) is 0 Å². The van der Waals surface area contributed by atoms with E-state index in [-0.39, 0.29) is 16.2 Å². The average molecular weight is 375 g/mol. The van der Waals surface area contributed by atoms with Crippen molar-refractivity contribution in [1.82, 2.24) is 0 Å². The maximum Gasteiger partial charge on any atom is 0.161 e. The van der Waals surface area contributed by atoms with E-state index in [9.17, 15) is 4.39 Å². The van der Waals surface area contributed by atoms with Crippen molar-refractivity contribution in [2.24, 2.45) is 11.1 Å².